The number of aryl methyl sites for hydroxylation is 2. The third-order valence-corrected chi connectivity index (χ3v) is 3.23. The van der Waals surface area contributed by atoms with Crippen molar-refractivity contribution in [2.24, 2.45) is 0 Å². The Morgan fingerprint density at radius 3 is 2.45 bits per heavy atom. The normalized spacial score (nSPS) is 10.4. The van der Waals surface area contributed by atoms with Gasteiger partial charge in [-0.1, -0.05) is 0 Å². The molecule has 0 atom stereocenters. The van der Waals surface area contributed by atoms with Crippen molar-refractivity contribution in [3.63, 3.8) is 0 Å². The van der Waals surface area contributed by atoms with E-state index in [1.165, 1.54) is 0 Å². The Morgan fingerprint density at radius 2 is 1.90 bits per heavy atom. The number of methoxy groups -OCH3 is 2. The van der Waals surface area contributed by atoms with Crippen LogP contribution in [-0.2, 0) is 6.54 Å². The number of rotatable bonds is 5. The summed E-state index contributed by atoms with van der Waals surface area (Å²) in [4.78, 5) is 11.2. The van der Waals surface area contributed by atoms with E-state index >= 15 is 0 Å². The number of ether oxygens (including phenoxy) is 2. The van der Waals surface area contributed by atoms with Crippen LogP contribution in [0.1, 0.15) is 22.8 Å². The van der Waals surface area contributed by atoms with Crippen molar-refractivity contribution in [3.8, 4) is 22.8 Å². The Morgan fingerprint density at radius 1 is 1.25 bits per heavy atom. The molecule has 106 valence electrons. The SMILES string of the molecule is CCn1cc(C=O)c(-c2cc(OC)c(OC)cc2C)n1. The molecule has 1 aromatic heterocycles. The zero-order chi connectivity index (χ0) is 14.7. The Labute approximate surface area is 118 Å². The lowest BCUT2D eigenvalue weighted by Crippen LogP contribution is -1.96. The molecule has 1 aromatic carbocycles. The van der Waals surface area contributed by atoms with E-state index < -0.39 is 0 Å². The number of aldehydes is 1. The molecule has 0 aliphatic rings. The van der Waals surface area contributed by atoms with Crippen LogP contribution in [0.25, 0.3) is 11.3 Å². The quantitative estimate of drug-likeness (QED) is 0.787. The lowest BCUT2D eigenvalue weighted by atomic mass is 10.0. The molecular formula is C15H18N2O3. The summed E-state index contributed by atoms with van der Waals surface area (Å²) in [5.41, 5.74) is 3.09. The van der Waals surface area contributed by atoms with Crippen molar-refractivity contribution >= 4 is 6.29 Å². The summed E-state index contributed by atoms with van der Waals surface area (Å²) in [5, 5.41) is 4.45. The maximum absolute atomic E-state index is 11.2. The first-order valence-electron chi connectivity index (χ1n) is 6.40. The molecule has 0 unspecified atom stereocenters. The fraction of sp³-hybridized carbons (Fsp3) is 0.333. The molecule has 5 heteroatoms. The summed E-state index contributed by atoms with van der Waals surface area (Å²) in [6.07, 6.45) is 2.57. The number of carbonyl (C=O) groups excluding carboxylic acids is 1. The van der Waals surface area contributed by atoms with Gasteiger partial charge in [-0.15, -0.1) is 0 Å². The van der Waals surface area contributed by atoms with Crippen molar-refractivity contribution in [1.82, 2.24) is 9.78 Å². The highest BCUT2D eigenvalue weighted by Crippen LogP contribution is 2.35. The molecule has 0 saturated carbocycles. The third-order valence-electron chi connectivity index (χ3n) is 3.23. The molecule has 0 saturated heterocycles. The number of hydrogen-bond acceptors (Lipinski definition) is 4. The van der Waals surface area contributed by atoms with Crippen LogP contribution in [0, 0.1) is 6.92 Å². The monoisotopic (exact) mass is 274 g/mol. The molecule has 0 amide bonds. The van der Waals surface area contributed by atoms with Crippen LogP contribution in [0.4, 0.5) is 0 Å². The van der Waals surface area contributed by atoms with Crippen LogP contribution in [0.15, 0.2) is 18.3 Å². The highest BCUT2D eigenvalue weighted by Gasteiger charge is 2.16. The fourth-order valence-electron chi connectivity index (χ4n) is 2.13. The maximum atomic E-state index is 11.2. The lowest BCUT2D eigenvalue weighted by molar-refractivity contribution is 0.112. The summed E-state index contributed by atoms with van der Waals surface area (Å²) in [5.74, 6) is 1.28. The summed E-state index contributed by atoms with van der Waals surface area (Å²) in [7, 11) is 3.18. The van der Waals surface area contributed by atoms with Crippen molar-refractivity contribution in [3.05, 3.63) is 29.5 Å². The molecule has 2 aromatic rings. The Balaban J connectivity index is 2.62. The van der Waals surface area contributed by atoms with Crippen molar-refractivity contribution in [2.45, 2.75) is 20.4 Å². The van der Waals surface area contributed by atoms with Crippen LogP contribution < -0.4 is 9.47 Å². The van der Waals surface area contributed by atoms with Crippen molar-refractivity contribution < 1.29 is 14.3 Å². The molecule has 0 aliphatic heterocycles. The van der Waals surface area contributed by atoms with E-state index in [2.05, 4.69) is 5.10 Å². The van der Waals surface area contributed by atoms with E-state index in [0.717, 1.165) is 17.4 Å². The maximum Gasteiger partial charge on any atom is 0.161 e. The standard InChI is InChI=1S/C15H18N2O3/c1-5-17-8-11(9-18)15(16-17)12-7-14(20-4)13(19-3)6-10(12)2/h6-9H,5H2,1-4H3. The summed E-state index contributed by atoms with van der Waals surface area (Å²) in [6.45, 7) is 4.65. The number of nitrogens with zero attached hydrogens (tertiary/aromatic N) is 2. The van der Waals surface area contributed by atoms with Gasteiger partial charge in [-0.3, -0.25) is 9.48 Å². The summed E-state index contributed by atoms with van der Waals surface area (Å²) in [6, 6.07) is 3.73. The van der Waals surface area contributed by atoms with Gasteiger partial charge in [0.15, 0.2) is 17.8 Å². The average Bonchev–Trinajstić information content (AvgIpc) is 2.90. The van der Waals surface area contributed by atoms with E-state index in [-0.39, 0.29) is 0 Å². The van der Waals surface area contributed by atoms with Crippen LogP contribution in [0.2, 0.25) is 0 Å². The van der Waals surface area contributed by atoms with Crippen LogP contribution >= 0.6 is 0 Å². The topological polar surface area (TPSA) is 53.4 Å². The van der Waals surface area contributed by atoms with Crippen molar-refractivity contribution in [1.29, 1.82) is 0 Å². The molecular weight excluding hydrogens is 256 g/mol. The number of aromatic nitrogens is 2. The van der Waals surface area contributed by atoms with E-state index in [0.29, 0.717) is 29.3 Å². The van der Waals surface area contributed by atoms with Gasteiger partial charge in [-0.05, 0) is 31.5 Å². The highest BCUT2D eigenvalue weighted by atomic mass is 16.5. The zero-order valence-electron chi connectivity index (χ0n) is 12.1. The molecule has 0 bridgehead atoms. The summed E-state index contributed by atoms with van der Waals surface area (Å²) < 4.78 is 12.3. The van der Waals surface area contributed by atoms with Gasteiger partial charge in [-0.2, -0.15) is 5.10 Å². The van der Waals surface area contributed by atoms with Gasteiger partial charge in [0.1, 0.15) is 5.69 Å². The van der Waals surface area contributed by atoms with Crippen molar-refractivity contribution in [2.75, 3.05) is 14.2 Å². The lowest BCUT2D eigenvalue weighted by Gasteiger charge is -2.11. The smallest absolute Gasteiger partial charge is 0.161 e. The first-order valence-corrected chi connectivity index (χ1v) is 6.40. The van der Waals surface area contributed by atoms with Gasteiger partial charge in [0, 0.05) is 18.3 Å². The minimum Gasteiger partial charge on any atom is -0.493 e. The van der Waals surface area contributed by atoms with E-state index in [1.54, 1.807) is 25.1 Å². The van der Waals surface area contributed by atoms with Gasteiger partial charge in [0.25, 0.3) is 0 Å². The summed E-state index contributed by atoms with van der Waals surface area (Å²) >= 11 is 0. The van der Waals surface area contributed by atoms with E-state index in [9.17, 15) is 4.79 Å². The molecule has 0 N–H and O–H groups in total. The zero-order valence-corrected chi connectivity index (χ0v) is 12.1. The molecule has 0 aliphatic carbocycles. The van der Waals surface area contributed by atoms with Gasteiger partial charge < -0.3 is 9.47 Å². The third kappa shape index (κ3) is 2.39. The minimum absolute atomic E-state index is 0.571. The number of hydrogen-bond donors (Lipinski definition) is 0. The average molecular weight is 274 g/mol. The second-order valence-electron chi connectivity index (χ2n) is 4.43. The fourth-order valence-corrected chi connectivity index (χ4v) is 2.13. The Kier molecular flexibility index (Phi) is 4.08. The molecule has 1 heterocycles. The Hall–Kier alpha value is -2.30. The highest BCUT2D eigenvalue weighted by molar-refractivity contribution is 5.86. The molecule has 2 rings (SSSR count). The Bertz CT molecular complexity index is 632. The van der Waals surface area contributed by atoms with E-state index in [4.69, 9.17) is 9.47 Å². The predicted octanol–water partition coefficient (Wildman–Crippen LogP) is 2.71. The molecule has 20 heavy (non-hydrogen) atoms. The second kappa shape index (κ2) is 5.77. The molecule has 0 spiro atoms. The minimum atomic E-state index is 0.571. The number of carbonyl (C=O) groups is 1. The second-order valence-corrected chi connectivity index (χ2v) is 4.43. The van der Waals surface area contributed by atoms with Crippen LogP contribution in [0.5, 0.6) is 11.5 Å². The van der Waals surface area contributed by atoms with Crippen LogP contribution in [0.3, 0.4) is 0 Å². The molecule has 5 nitrogen and oxygen atoms in total. The molecule has 0 fully saturated rings. The van der Waals surface area contributed by atoms with Gasteiger partial charge >= 0.3 is 0 Å². The van der Waals surface area contributed by atoms with E-state index in [1.807, 2.05) is 26.0 Å². The van der Waals surface area contributed by atoms with Crippen LogP contribution in [-0.4, -0.2) is 30.3 Å². The first-order chi connectivity index (χ1) is 9.64. The first kappa shape index (κ1) is 14.1. The van der Waals surface area contributed by atoms with Gasteiger partial charge in [0.2, 0.25) is 0 Å². The van der Waals surface area contributed by atoms with Gasteiger partial charge in [0.05, 0.1) is 19.8 Å². The largest absolute Gasteiger partial charge is 0.493 e. The van der Waals surface area contributed by atoms with Gasteiger partial charge in [-0.25, -0.2) is 0 Å². The molecule has 0 radical (unpaired) electrons. The number of benzene rings is 1. The predicted molar refractivity (Wildman–Crippen MR) is 76.6 cm³/mol.